The van der Waals surface area contributed by atoms with Gasteiger partial charge >= 0.3 is 0 Å². The number of amides is 2. The van der Waals surface area contributed by atoms with Crippen LogP contribution in [0.3, 0.4) is 0 Å². The molecule has 4 aliphatic carbocycles. The Hall–Kier alpha value is -2.18. The van der Waals surface area contributed by atoms with Crippen molar-refractivity contribution in [3.8, 4) is 11.5 Å². The van der Waals surface area contributed by atoms with E-state index >= 15 is 0 Å². The van der Waals surface area contributed by atoms with E-state index in [-0.39, 0.29) is 36.8 Å². The molecule has 3 fully saturated rings. The van der Waals surface area contributed by atoms with Crippen LogP contribution in [0.25, 0.3) is 0 Å². The van der Waals surface area contributed by atoms with Crippen molar-refractivity contribution in [3.63, 3.8) is 0 Å². The summed E-state index contributed by atoms with van der Waals surface area (Å²) >= 11 is 2.05. The summed E-state index contributed by atoms with van der Waals surface area (Å²) in [5.74, 6) is 1.88. The van der Waals surface area contributed by atoms with Crippen molar-refractivity contribution in [2.45, 2.75) is 84.0 Å². The predicted molar refractivity (Wildman–Crippen MR) is 167 cm³/mol. The van der Waals surface area contributed by atoms with Crippen LogP contribution in [0.15, 0.2) is 23.8 Å². The van der Waals surface area contributed by atoms with E-state index in [1.807, 2.05) is 11.8 Å². The van der Waals surface area contributed by atoms with Gasteiger partial charge in [-0.3, -0.25) is 14.4 Å². The van der Waals surface area contributed by atoms with Crippen molar-refractivity contribution >= 4 is 40.7 Å². The van der Waals surface area contributed by atoms with E-state index in [1.54, 1.807) is 18.2 Å². The summed E-state index contributed by atoms with van der Waals surface area (Å²) in [4.78, 5) is 40.2. The summed E-state index contributed by atoms with van der Waals surface area (Å²) in [7, 11) is 1.47. The van der Waals surface area contributed by atoms with Crippen LogP contribution in [0.4, 0.5) is 0 Å². The van der Waals surface area contributed by atoms with Gasteiger partial charge in [0.25, 0.3) is 0 Å². The first-order valence-electron chi connectivity index (χ1n) is 15.1. The monoisotopic (exact) mass is 696 g/mol. The largest absolute Gasteiger partial charge is 0.493 e. The fourth-order valence-corrected chi connectivity index (χ4v) is 7.92. The first kappa shape index (κ1) is 32.7. The quantitative estimate of drug-likeness (QED) is 0.210. The van der Waals surface area contributed by atoms with Gasteiger partial charge in [-0.15, -0.1) is 0 Å². The molecule has 0 aliphatic heterocycles. The molecular formula is C32H45IN2O7. The van der Waals surface area contributed by atoms with Crippen molar-refractivity contribution in [2.75, 3.05) is 26.8 Å². The molecule has 10 heteroatoms. The number of aldehydes is 1. The van der Waals surface area contributed by atoms with Crippen LogP contribution >= 0.6 is 22.6 Å². The number of rotatable bonds is 13. The highest BCUT2D eigenvalue weighted by atomic mass is 127. The van der Waals surface area contributed by atoms with Gasteiger partial charge in [0.2, 0.25) is 11.8 Å². The van der Waals surface area contributed by atoms with E-state index in [1.165, 1.54) is 13.5 Å². The van der Waals surface area contributed by atoms with E-state index in [0.717, 1.165) is 37.9 Å². The molecule has 9 nitrogen and oxygen atoms in total. The molecule has 4 aliphatic rings. The SMILES string of the molecule is CCCCC(=O)N(CC1CCC2CC1C2(C)C)C1CC(C(=O)NCCO)=CC(Oc2c(I)cc(C=O)cc2OC)C1O. The van der Waals surface area contributed by atoms with Crippen LogP contribution < -0.4 is 14.8 Å². The summed E-state index contributed by atoms with van der Waals surface area (Å²) in [6, 6.07) is 2.55. The van der Waals surface area contributed by atoms with Gasteiger partial charge in [-0.1, -0.05) is 27.2 Å². The standard InChI is InChI=1S/C32H45IN2O7/c1-5-6-7-28(38)35(17-20-8-9-22-16-23(20)32(22,2)3)25-14-21(31(40)34-10-11-36)15-26(29(25)39)42-30-24(33)12-19(18-37)13-27(30)41-4/h12-13,15,18,20,22-23,25-26,29,36,39H,5-11,14,16-17H2,1-4H3,(H,34,40). The summed E-state index contributed by atoms with van der Waals surface area (Å²) in [5, 5.41) is 23.8. The van der Waals surface area contributed by atoms with Gasteiger partial charge in [0.05, 0.1) is 23.3 Å². The summed E-state index contributed by atoms with van der Waals surface area (Å²) < 4.78 is 12.5. The van der Waals surface area contributed by atoms with Crippen molar-refractivity contribution in [1.29, 1.82) is 0 Å². The molecule has 0 spiro atoms. The Bertz CT molecular complexity index is 1180. The van der Waals surface area contributed by atoms with Gasteiger partial charge in [-0.25, -0.2) is 0 Å². The van der Waals surface area contributed by atoms with Gasteiger partial charge in [-0.2, -0.15) is 0 Å². The van der Waals surface area contributed by atoms with Crippen LogP contribution in [0, 0.1) is 26.7 Å². The van der Waals surface area contributed by atoms with Gasteiger partial charge in [0, 0.05) is 37.1 Å². The topological polar surface area (TPSA) is 125 Å². The third-order valence-corrected chi connectivity index (χ3v) is 10.6. The first-order valence-corrected chi connectivity index (χ1v) is 16.2. The summed E-state index contributed by atoms with van der Waals surface area (Å²) in [6.45, 7) is 7.14. The molecule has 0 heterocycles. The third-order valence-electron chi connectivity index (χ3n) is 9.75. The lowest BCUT2D eigenvalue weighted by molar-refractivity contribution is -0.148. The average Bonchev–Trinajstić information content (AvgIpc) is 2.99. The number of nitrogens with one attached hydrogen (secondary N) is 1. The van der Waals surface area contributed by atoms with Gasteiger partial charge in [-0.05, 0) is 89.7 Å². The number of hydrogen-bond acceptors (Lipinski definition) is 7. The van der Waals surface area contributed by atoms with Crippen molar-refractivity contribution in [3.05, 3.63) is 32.9 Å². The number of unbranched alkanes of at least 4 members (excludes halogenated alkanes) is 1. The normalized spacial score (nSPS) is 27.7. The van der Waals surface area contributed by atoms with Gasteiger partial charge < -0.3 is 29.9 Å². The maximum atomic E-state index is 13.8. The maximum Gasteiger partial charge on any atom is 0.247 e. The van der Waals surface area contributed by atoms with Crippen molar-refractivity contribution in [1.82, 2.24) is 10.2 Å². The van der Waals surface area contributed by atoms with Crippen LogP contribution in [-0.4, -0.2) is 78.3 Å². The fraction of sp³-hybridized carbons (Fsp3) is 0.656. The lowest BCUT2D eigenvalue weighted by Gasteiger charge is -2.61. The first-order chi connectivity index (χ1) is 20.0. The zero-order valence-electron chi connectivity index (χ0n) is 25.1. The zero-order valence-corrected chi connectivity index (χ0v) is 27.3. The number of carbonyl (C=O) groups excluding carboxylic acids is 3. The highest BCUT2D eigenvalue weighted by Crippen LogP contribution is 2.61. The molecule has 3 N–H and O–H groups in total. The number of aliphatic hydroxyl groups excluding tert-OH is 2. The molecular weight excluding hydrogens is 651 g/mol. The Balaban J connectivity index is 1.69. The Morgan fingerprint density at radius 1 is 1.26 bits per heavy atom. The number of halogens is 1. The molecule has 232 valence electrons. The van der Waals surface area contributed by atoms with E-state index in [9.17, 15) is 24.6 Å². The molecule has 0 aromatic heterocycles. The van der Waals surface area contributed by atoms with Crippen molar-refractivity contribution in [2.24, 2.45) is 23.2 Å². The lowest BCUT2D eigenvalue weighted by Crippen LogP contribution is -2.59. The molecule has 1 aromatic rings. The molecule has 1 aromatic carbocycles. The zero-order chi connectivity index (χ0) is 30.6. The molecule has 42 heavy (non-hydrogen) atoms. The van der Waals surface area contributed by atoms with Crippen molar-refractivity contribution < 1.29 is 34.1 Å². The molecule has 6 unspecified atom stereocenters. The van der Waals surface area contributed by atoms with Crippen LogP contribution in [-0.2, 0) is 9.59 Å². The Morgan fingerprint density at radius 2 is 2.02 bits per heavy atom. The Morgan fingerprint density at radius 3 is 2.64 bits per heavy atom. The average molecular weight is 697 g/mol. The number of benzene rings is 1. The predicted octanol–water partition coefficient (Wildman–Crippen LogP) is 4.12. The number of nitrogens with zero attached hydrogens (tertiary/aromatic N) is 1. The summed E-state index contributed by atoms with van der Waals surface area (Å²) in [5.41, 5.74) is 1.06. The van der Waals surface area contributed by atoms with E-state index in [2.05, 4.69) is 41.8 Å². The van der Waals surface area contributed by atoms with E-state index < -0.39 is 18.2 Å². The smallest absolute Gasteiger partial charge is 0.247 e. The second-order valence-electron chi connectivity index (χ2n) is 12.5. The van der Waals surface area contributed by atoms with Crippen LogP contribution in [0.5, 0.6) is 11.5 Å². The second kappa shape index (κ2) is 14.1. The highest BCUT2D eigenvalue weighted by Gasteiger charge is 2.55. The third kappa shape index (κ3) is 6.80. The van der Waals surface area contributed by atoms with Crippen LogP contribution in [0.1, 0.15) is 76.1 Å². The number of ether oxygens (including phenoxy) is 2. The molecule has 3 saturated carbocycles. The Labute approximate surface area is 262 Å². The molecule has 5 rings (SSSR count). The number of carbonyl (C=O) groups is 3. The number of fused-ring (bicyclic) bond motifs is 2. The fourth-order valence-electron chi connectivity index (χ4n) is 7.17. The minimum atomic E-state index is -1.11. The maximum absolute atomic E-state index is 13.8. The van der Waals surface area contributed by atoms with Gasteiger partial charge in [0.1, 0.15) is 18.5 Å². The molecule has 6 atom stereocenters. The molecule has 0 radical (unpaired) electrons. The highest BCUT2D eigenvalue weighted by molar-refractivity contribution is 14.1. The molecule has 0 saturated heterocycles. The lowest BCUT2D eigenvalue weighted by atomic mass is 9.45. The van der Waals surface area contributed by atoms with E-state index in [0.29, 0.717) is 51.0 Å². The number of aliphatic hydroxyl groups is 2. The Kier molecular flexibility index (Phi) is 11.0. The minimum Gasteiger partial charge on any atom is -0.493 e. The number of methoxy groups -OCH3 is 1. The summed E-state index contributed by atoms with van der Waals surface area (Å²) in [6.07, 6.45) is 5.82. The van der Waals surface area contributed by atoms with Crippen LogP contribution in [0.2, 0.25) is 0 Å². The minimum absolute atomic E-state index is 0.0154. The second-order valence-corrected chi connectivity index (χ2v) is 13.7. The molecule has 2 bridgehead atoms. The number of hydrogen-bond donors (Lipinski definition) is 3. The molecule has 2 amide bonds. The van der Waals surface area contributed by atoms with E-state index in [4.69, 9.17) is 9.47 Å². The van der Waals surface area contributed by atoms with Gasteiger partial charge in [0.15, 0.2) is 11.5 Å².